The van der Waals surface area contributed by atoms with Gasteiger partial charge in [0.05, 0.1) is 0 Å². The van der Waals surface area contributed by atoms with E-state index in [2.05, 4.69) is 60.1 Å². The van der Waals surface area contributed by atoms with Crippen molar-refractivity contribution in [2.24, 2.45) is 0 Å². The van der Waals surface area contributed by atoms with Gasteiger partial charge in [-0.05, 0) is 36.2 Å². The average molecular weight is 291 g/mol. The molecule has 0 unspecified atom stereocenters. The lowest BCUT2D eigenvalue weighted by molar-refractivity contribution is 1.47. The second-order valence-corrected chi connectivity index (χ2v) is 6.14. The van der Waals surface area contributed by atoms with Crippen molar-refractivity contribution < 1.29 is 0 Å². The van der Waals surface area contributed by atoms with Crippen molar-refractivity contribution in [1.29, 1.82) is 0 Å². The number of rotatable bonds is 0. The zero-order valence-electron chi connectivity index (χ0n) is 9.17. The van der Waals surface area contributed by atoms with Gasteiger partial charge in [0, 0.05) is 19.4 Å². The average Bonchev–Trinajstić information content (AvgIpc) is 2.57. The van der Waals surface area contributed by atoms with Crippen LogP contribution in [0.1, 0.15) is 10.4 Å². The van der Waals surface area contributed by atoms with Crippen LogP contribution in [0.2, 0.25) is 0 Å². The zero-order valence-corrected chi connectivity index (χ0v) is 11.6. The summed E-state index contributed by atoms with van der Waals surface area (Å²) >= 11 is 5.56. The lowest BCUT2D eigenvalue weighted by Crippen LogP contribution is -1.76. The smallest absolute Gasteiger partial charge is 0.0427 e. The fourth-order valence-electron chi connectivity index (χ4n) is 2.11. The Morgan fingerprint density at radius 2 is 1.69 bits per heavy atom. The summed E-state index contributed by atoms with van der Waals surface area (Å²) in [4.78, 5) is 1.42. The predicted octanol–water partition coefficient (Wildman–Crippen LogP) is 5.43. The standard InChI is InChI=1S/C14H11BrS/c1-8-9(2)16-14-11-6-4-3-5-10(11)13(15)7-12(8)14/h3-7H,1-2H3. The Morgan fingerprint density at radius 3 is 2.44 bits per heavy atom. The van der Waals surface area contributed by atoms with E-state index in [9.17, 15) is 0 Å². The third-order valence-corrected chi connectivity index (χ3v) is 5.04. The van der Waals surface area contributed by atoms with Gasteiger partial charge in [0.25, 0.3) is 0 Å². The number of benzene rings is 2. The van der Waals surface area contributed by atoms with Gasteiger partial charge in [-0.2, -0.15) is 0 Å². The Bertz CT molecular complexity index is 695. The van der Waals surface area contributed by atoms with E-state index >= 15 is 0 Å². The first-order valence-corrected chi connectivity index (χ1v) is 6.86. The van der Waals surface area contributed by atoms with E-state index in [0.717, 1.165) is 0 Å². The van der Waals surface area contributed by atoms with Crippen LogP contribution >= 0.6 is 27.3 Å². The molecular formula is C14H11BrS. The molecule has 0 bridgehead atoms. The molecule has 0 amide bonds. The summed E-state index contributed by atoms with van der Waals surface area (Å²) in [6, 6.07) is 10.8. The van der Waals surface area contributed by atoms with Crippen LogP contribution in [0.25, 0.3) is 20.9 Å². The van der Waals surface area contributed by atoms with Crippen LogP contribution in [0.15, 0.2) is 34.8 Å². The Kier molecular flexibility index (Phi) is 2.30. The van der Waals surface area contributed by atoms with Crippen molar-refractivity contribution >= 4 is 48.1 Å². The molecule has 0 spiro atoms. The van der Waals surface area contributed by atoms with Gasteiger partial charge in [-0.15, -0.1) is 11.3 Å². The van der Waals surface area contributed by atoms with Crippen molar-refractivity contribution in [1.82, 2.24) is 0 Å². The molecule has 0 saturated heterocycles. The number of hydrogen-bond donors (Lipinski definition) is 0. The molecule has 0 aliphatic heterocycles. The molecule has 1 heterocycles. The number of fused-ring (bicyclic) bond motifs is 3. The van der Waals surface area contributed by atoms with Gasteiger partial charge in [0.15, 0.2) is 0 Å². The molecule has 0 aliphatic rings. The number of aryl methyl sites for hydroxylation is 2. The van der Waals surface area contributed by atoms with Crippen LogP contribution in [0.5, 0.6) is 0 Å². The molecule has 0 nitrogen and oxygen atoms in total. The Labute approximate surface area is 107 Å². The first-order valence-electron chi connectivity index (χ1n) is 5.25. The van der Waals surface area contributed by atoms with Crippen LogP contribution in [0.3, 0.4) is 0 Å². The van der Waals surface area contributed by atoms with E-state index in [0.29, 0.717) is 0 Å². The predicted molar refractivity (Wildman–Crippen MR) is 76.5 cm³/mol. The van der Waals surface area contributed by atoms with E-state index < -0.39 is 0 Å². The first kappa shape index (κ1) is 10.3. The van der Waals surface area contributed by atoms with E-state index in [-0.39, 0.29) is 0 Å². The van der Waals surface area contributed by atoms with Crippen LogP contribution in [-0.4, -0.2) is 0 Å². The third-order valence-electron chi connectivity index (χ3n) is 3.13. The summed E-state index contributed by atoms with van der Waals surface area (Å²) in [6.07, 6.45) is 0. The first-order chi connectivity index (χ1) is 7.68. The van der Waals surface area contributed by atoms with Gasteiger partial charge in [-0.3, -0.25) is 0 Å². The van der Waals surface area contributed by atoms with Crippen LogP contribution in [0, 0.1) is 13.8 Å². The quantitative estimate of drug-likeness (QED) is 0.518. The Hall–Kier alpha value is -0.860. The second-order valence-electron chi connectivity index (χ2n) is 4.06. The van der Waals surface area contributed by atoms with E-state index in [1.807, 2.05) is 11.3 Å². The van der Waals surface area contributed by atoms with Crippen molar-refractivity contribution in [2.75, 3.05) is 0 Å². The molecule has 0 radical (unpaired) electrons. The molecule has 0 atom stereocenters. The SMILES string of the molecule is Cc1sc2c(cc(Br)c3ccccc32)c1C. The van der Waals surface area contributed by atoms with Crippen LogP contribution in [0.4, 0.5) is 0 Å². The third kappa shape index (κ3) is 1.33. The summed E-state index contributed by atoms with van der Waals surface area (Å²) in [5.41, 5.74) is 1.41. The maximum Gasteiger partial charge on any atom is 0.0427 e. The number of thiophene rings is 1. The lowest BCUT2D eigenvalue weighted by atomic mass is 10.1. The molecule has 3 aromatic rings. The van der Waals surface area contributed by atoms with Crippen molar-refractivity contribution in [3.05, 3.63) is 45.2 Å². The molecule has 0 aliphatic carbocycles. The highest BCUT2D eigenvalue weighted by Crippen LogP contribution is 2.39. The molecule has 2 heteroatoms. The fourth-order valence-corrected chi connectivity index (χ4v) is 3.87. The Balaban J connectivity index is 2.64. The summed E-state index contributed by atoms with van der Waals surface area (Å²) in [5.74, 6) is 0. The molecule has 2 aromatic carbocycles. The van der Waals surface area contributed by atoms with Gasteiger partial charge in [-0.1, -0.05) is 40.2 Å². The van der Waals surface area contributed by atoms with E-state index in [4.69, 9.17) is 0 Å². The highest BCUT2D eigenvalue weighted by atomic mass is 79.9. The van der Waals surface area contributed by atoms with Crippen LogP contribution in [-0.2, 0) is 0 Å². The summed E-state index contributed by atoms with van der Waals surface area (Å²) in [7, 11) is 0. The Morgan fingerprint density at radius 1 is 1.00 bits per heavy atom. The molecule has 0 N–H and O–H groups in total. The van der Waals surface area contributed by atoms with Gasteiger partial charge in [0.2, 0.25) is 0 Å². The molecule has 80 valence electrons. The topological polar surface area (TPSA) is 0 Å². The molecule has 3 rings (SSSR count). The minimum atomic E-state index is 1.19. The molecule has 1 aromatic heterocycles. The molecule has 0 saturated carbocycles. The largest absolute Gasteiger partial charge is 0.140 e. The molecule has 16 heavy (non-hydrogen) atoms. The van der Waals surface area contributed by atoms with Gasteiger partial charge >= 0.3 is 0 Å². The normalized spacial score (nSPS) is 11.4. The number of halogens is 1. The zero-order chi connectivity index (χ0) is 11.3. The fraction of sp³-hybridized carbons (Fsp3) is 0.143. The maximum atomic E-state index is 3.67. The monoisotopic (exact) mass is 290 g/mol. The van der Waals surface area contributed by atoms with Gasteiger partial charge in [0.1, 0.15) is 0 Å². The highest BCUT2D eigenvalue weighted by Gasteiger charge is 2.10. The van der Waals surface area contributed by atoms with Gasteiger partial charge < -0.3 is 0 Å². The summed E-state index contributed by atoms with van der Waals surface area (Å²) in [6.45, 7) is 4.40. The minimum Gasteiger partial charge on any atom is -0.140 e. The van der Waals surface area contributed by atoms with E-state index in [1.165, 1.54) is 35.8 Å². The van der Waals surface area contributed by atoms with Crippen molar-refractivity contribution in [3.63, 3.8) is 0 Å². The van der Waals surface area contributed by atoms with Crippen molar-refractivity contribution in [2.45, 2.75) is 13.8 Å². The van der Waals surface area contributed by atoms with Gasteiger partial charge in [-0.25, -0.2) is 0 Å². The molecular weight excluding hydrogens is 280 g/mol. The number of hydrogen-bond acceptors (Lipinski definition) is 1. The summed E-state index contributed by atoms with van der Waals surface area (Å²) < 4.78 is 2.60. The minimum absolute atomic E-state index is 1.19. The maximum absolute atomic E-state index is 3.67. The lowest BCUT2D eigenvalue weighted by Gasteiger charge is -2.02. The van der Waals surface area contributed by atoms with Crippen LogP contribution < -0.4 is 0 Å². The van der Waals surface area contributed by atoms with Crippen molar-refractivity contribution in [3.8, 4) is 0 Å². The molecule has 0 fully saturated rings. The highest BCUT2D eigenvalue weighted by molar-refractivity contribution is 9.10. The second kappa shape index (κ2) is 3.57. The summed E-state index contributed by atoms with van der Waals surface area (Å²) in [5, 5.41) is 4.04. The van der Waals surface area contributed by atoms with E-state index in [1.54, 1.807) is 0 Å².